The lowest BCUT2D eigenvalue weighted by molar-refractivity contribution is -0.143. The van der Waals surface area contributed by atoms with E-state index in [4.69, 9.17) is 11.5 Å². The lowest BCUT2D eigenvalue weighted by Crippen LogP contribution is -2.59. The van der Waals surface area contributed by atoms with Crippen molar-refractivity contribution in [3.63, 3.8) is 0 Å². The minimum atomic E-state index is -1.84. The lowest BCUT2D eigenvalue weighted by atomic mass is 10.0. The number of amides is 9. The van der Waals surface area contributed by atoms with Crippen LogP contribution in [0.25, 0.3) is 0 Å². The number of carboxylic acids is 2. The highest BCUT2D eigenvalue weighted by atomic mass is 16.4. The summed E-state index contributed by atoms with van der Waals surface area (Å²) >= 11 is 0. The largest absolute Gasteiger partial charge is 0.508 e. The van der Waals surface area contributed by atoms with Gasteiger partial charge in [0.15, 0.2) is 0 Å². The van der Waals surface area contributed by atoms with Crippen molar-refractivity contribution in [2.45, 2.75) is 135 Å². The van der Waals surface area contributed by atoms with Crippen LogP contribution in [0, 0.1) is 17.8 Å². The molecule has 8 unspecified atom stereocenters. The maximum atomic E-state index is 13.5. The molecule has 0 heterocycles. The van der Waals surface area contributed by atoms with Gasteiger partial charge in [-0.2, -0.15) is 0 Å². The first-order chi connectivity index (χ1) is 31.6. The van der Waals surface area contributed by atoms with Gasteiger partial charge < -0.3 is 74.4 Å². The normalized spacial score (nSPS) is 14.6. The second-order valence-electron chi connectivity index (χ2n) is 17.5. The number of nitrogens with two attached hydrogens (primary N) is 2. The summed E-state index contributed by atoms with van der Waals surface area (Å²) in [5.41, 5.74) is 12.0. The van der Waals surface area contributed by atoms with Crippen LogP contribution in [-0.2, 0) is 59.2 Å². The minimum Gasteiger partial charge on any atom is -0.508 e. The zero-order valence-corrected chi connectivity index (χ0v) is 39.3. The average molecular weight is 965 g/mol. The number of hydrogen-bond acceptors (Lipinski definition) is 14. The third kappa shape index (κ3) is 22.5. The van der Waals surface area contributed by atoms with E-state index in [1.54, 1.807) is 53.7 Å². The highest BCUT2D eigenvalue weighted by Crippen LogP contribution is 2.13. The Morgan fingerprint density at radius 3 is 1.40 bits per heavy atom. The quantitative estimate of drug-likeness (QED) is 0.0354. The highest BCUT2D eigenvalue weighted by molar-refractivity contribution is 5.99. The number of carboxylic acid groups (broad SMARTS) is 2. The monoisotopic (exact) mass is 964 g/mol. The molecule has 0 aliphatic heterocycles. The van der Waals surface area contributed by atoms with Gasteiger partial charge in [0.05, 0.1) is 32.0 Å². The first kappa shape index (κ1) is 59.1. The average Bonchev–Trinajstić information content (AvgIpc) is 3.23. The molecule has 8 atom stereocenters. The van der Waals surface area contributed by atoms with Crippen LogP contribution < -0.4 is 54.0 Å². The first-order valence-electron chi connectivity index (χ1n) is 21.9. The van der Waals surface area contributed by atoms with E-state index in [9.17, 15) is 73.2 Å². The zero-order chi connectivity index (χ0) is 52.0. The number of hydrogen-bond donors (Lipinski definition) is 14. The number of benzene rings is 1. The Morgan fingerprint density at radius 1 is 0.529 bits per heavy atom. The molecule has 1 aromatic carbocycles. The van der Waals surface area contributed by atoms with Crippen LogP contribution >= 0.6 is 0 Å². The molecule has 0 radical (unpaired) electrons. The number of aromatic hydroxyl groups is 1. The van der Waals surface area contributed by atoms with E-state index >= 15 is 0 Å². The second-order valence-corrected chi connectivity index (χ2v) is 17.5. The number of nitrogens with one attached hydrogen (secondary N) is 8. The molecule has 25 nitrogen and oxygen atoms in total. The van der Waals surface area contributed by atoms with Crippen LogP contribution in [-0.4, -0.2) is 147 Å². The van der Waals surface area contributed by atoms with Crippen molar-refractivity contribution >= 4 is 65.1 Å². The molecule has 68 heavy (non-hydrogen) atoms. The molecule has 0 saturated heterocycles. The summed E-state index contributed by atoms with van der Waals surface area (Å²) in [6, 6.07) is -5.71. The summed E-state index contributed by atoms with van der Waals surface area (Å²) in [7, 11) is 0. The van der Waals surface area contributed by atoms with Crippen molar-refractivity contribution in [2.75, 3.05) is 13.2 Å². The summed E-state index contributed by atoms with van der Waals surface area (Å²) in [6.45, 7) is 9.74. The van der Waals surface area contributed by atoms with Gasteiger partial charge in [0.2, 0.25) is 53.2 Å². The fraction of sp³-hybridized carbons (Fsp3) is 0.605. The van der Waals surface area contributed by atoms with Crippen LogP contribution in [0.2, 0.25) is 0 Å². The van der Waals surface area contributed by atoms with Gasteiger partial charge in [0, 0.05) is 0 Å². The standard InChI is InChI=1S/C43H68N10O15/c1-20(2)12-27(49-37(61)26(44)15-24-8-10-25(55)11-9-24)40(64)53-32(19-54)38(62)46-18-34(57)47-23(7)36(60)48-30(17-35(58)59)42(66)50-28(13-21(3)4)39(63)51-29(16-33(45)56)41(65)52-31(43(67)68)14-22(5)6/h8-11,20-23,26-32,54-55H,12-19,44H2,1-7H3,(H2,45,56)(H,46,62)(H,47,57)(H,48,60)(H,49,61)(H,50,66)(H,51,63)(H,52,65)(H,53,64)(H,58,59)(H,67,68). The SMILES string of the molecule is CC(C)CC(NC(=O)C(CC(N)=O)NC(=O)C(CC(C)C)NC(=O)C(CC(=O)O)NC(=O)C(C)NC(=O)CNC(=O)C(CO)NC(=O)C(CC(C)C)NC(=O)C(N)Cc1ccc(O)cc1)C(=O)O. The molecule has 0 bridgehead atoms. The smallest absolute Gasteiger partial charge is 0.326 e. The van der Waals surface area contributed by atoms with Crippen molar-refractivity contribution < 1.29 is 73.2 Å². The molecular formula is C43H68N10O15. The summed E-state index contributed by atoms with van der Waals surface area (Å²) in [5, 5.41) is 56.9. The summed E-state index contributed by atoms with van der Waals surface area (Å²) in [4.78, 5) is 140. The van der Waals surface area contributed by atoms with Crippen LogP contribution in [0.1, 0.15) is 86.1 Å². The van der Waals surface area contributed by atoms with E-state index in [1.807, 2.05) is 0 Å². The molecule has 16 N–H and O–H groups in total. The number of rotatable bonds is 30. The number of aliphatic hydroxyl groups excluding tert-OH is 1. The summed E-state index contributed by atoms with van der Waals surface area (Å²) < 4.78 is 0. The van der Waals surface area contributed by atoms with Crippen LogP contribution in [0.5, 0.6) is 5.75 Å². The van der Waals surface area contributed by atoms with Crippen molar-refractivity contribution in [3.05, 3.63) is 29.8 Å². The van der Waals surface area contributed by atoms with E-state index in [1.165, 1.54) is 12.1 Å². The Bertz CT molecular complexity index is 1950. The molecule has 0 aliphatic carbocycles. The Hall–Kier alpha value is -6.89. The molecule has 1 aromatic rings. The van der Waals surface area contributed by atoms with Gasteiger partial charge in [-0.1, -0.05) is 53.7 Å². The molecule has 0 aliphatic rings. The van der Waals surface area contributed by atoms with Gasteiger partial charge in [0.1, 0.15) is 48.0 Å². The van der Waals surface area contributed by atoms with Crippen molar-refractivity contribution in [1.82, 2.24) is 42.5 Å². The Labute approximate surface area is 393 Å². The zero-order valence-electron chi connectivity index (χ0n) is 39.3. The maximum Gasteiger partial charge on any atom is 0.326 e. The maximum absolute atomic E-state index is 13.5. The lowest BCUT2D eigenvalue weighted by Gasteiger charge is -2.27. The molecule has 25 heteroatoms. The van der Waals surface area contributed by atoms with E-state index < -0.39 is 139 Å². The first-order valence-corrected chi connectivity index (χ1v) is 21.9. The van der Waals surface area contributed by atoms with Gasteiger partial charge in [-0.05, 0) is 68.1 Å². The number of phenolic OH excluding ortho intramolecular Hbond substituents is 1. The van der Waals surface area contributed by atoms with Gasteiger partial charge in [-0.25, -0.2) is 4.79 Å². The number of carbonyl (C=O) groups excluding carboxylic acids is 9. The minimum absolute atomic E-state index is 0.0123. The number of carbonyl (C=O) groups is 11. The van der Waals surface area contributed by atoms with Crippen molar-refractivity contribution in [2.24, 2.45) is 29.2 Å². The number of primary amides is 1. The molecule has 0 fully saturated rings. The number of phenols is 1. The van der Waals surface area contributed by atoms with E-state index in [2.05, 4.69) is 42.5 Å². The topological polar surface area (TPSA) is 417 Å². The van der Waals surface area contributed by atoms with Gasteiger partial charge in [-0.3, -0.25) is 47.9 Å². The van der Waals surface area contributed by atoms with E-state index in [-0.39, 0.29) is 49.2 Å². The van der Waals surface area contributed by atoms with Crippen LogP contribution in [0.15, 0.2) is 24.3 Å². The van der Waals surface area contributed by atoms with E-state index in [0.717, 1.165) is 6.92 Å². The molecular weight excluding hydrogens is 897 g/mol. The van der Waals surface area contributed by atoms with Crippen LogP contribution in [0.3, 0.4) is 0 Å². The predicted molar refractivity (Wildman–Crippen MR) is 241 cm³/mol. The van der Waals surface area contributed by atoms with Crippen molar-refractivity contribution in [3.8, 4) is 5.75 Å². The molecule has 0 saturated carbocycles. The van der Waals surface area contributed by atoms with Gasteiger partial charge in [0.25, 0.3) is 0 Å². The molecule has 0 spiro atoms. The Kier molecular flexibility index (Phi) is 25.2. The Balaban J connectivity index is 2.99. The van der Waals surface area contributed by atoms with Gasteiger partial charge in [-0.15, -0.1) is 0 Å². The summed E-state index contributed by atoms with van der Waals surface area (Å²) in [6.07, 6.45) is -1.66. The third-order valence-corrected chi connectivity index (χ3v) is 9.79. The fourth-order valence-electron chi connectivity index (χ4n) is 6.38. The second kappa shape index (κ2) is 29.0. The molecule has 9 amide bonds. The Morgan fingerprint density at radius 2 is 0.941 bits per heavy atom. The predicted octanol–water partition coefficient (Wildman–Crippen LogP) is -3.64. The number of aliphatic carboxylic acids is 2. The summed E-state index contributed by atoms with van der Waals surface area (Å²) in [5.74, 6) is -12.4. The highest BCUT2D eigenvalue weighted by Gasteiger charge is 2.34. The fourth-order valence-corrected chi connectivity index (χ4v) is 6.38. The number of aliphatic hydroxyl groups is 1. The van der Waals surface area contributed by atoms with Crippen molar-refractivity contribution in [1.29, 1.82) is 0 Å². The van der Waals surface area contributed by atoms with Gasteiger partial charge >= 0.3 is 11.9 Å². The third-order valence-electron chi connectivity index (χ3n) is 9.79. The molecule has 380 valence electrons. The molecule has 1 rings (SSSR count). The van der Waals surface area contributed by atoms with E-state index in [0.29, 0.717) is 5.56 Å². The molecule has 0 aromatic heterocycles. The van der Waals surface area contributed by atoms with Crippen LogP contribution in [0.4, 0.5) is 0 Å².